The van der Waals surface area contributed by atoms with Crippen LogP contribution in [-0.4, -0.2) is 44.4 Å². The van der Waals surface area contributed by atoms with Crippen LogP contribution < -0.4 is 16.0 Å². The quantitative estimate of drug-likeness (QED) is 0.191. The highest BCUT2D eigenvalue weighted by atomic mass is 16.2. The summed E-state index contributed by atoms with van der Waals surface area (Å²) < 4.78 is 1.53. The number of fused-ring (bicyclic) bond motifs is 2. The van der Waals surface area contributed by atoms with Gasteiger partial charge in [-0.3, -0.25) is 19.4 Å². The van der Waals surface area contributed by atoms with Gasteiger partial charge in [-0.1, -0.05) is 48.5 Å². The van der Waals surface area contributed by atoms with Crippen molar-refractivity contribution in [2.45, 2.75) is 58.0 Å². The molecule has 2 atom stereocenters. The number of amides is 2. The summed E-state index contributed by atoms with van der Waals surface area (Å²) in [6, 6.07) is 22.0. The molecule has 9 nitrogen and oxygen atoms in total. The Morgan fingerprint density at radius 2 is 1.67 bits per heavy atom. The number of nitrogens with one attached hydrogen (secondary N) is 4. The van der Waals surface area contributed by atoms with Gasteiger partial charge < -0.3 is 16.0 Å². The van der Waals surface area contributed by atoms with Crippen LogP contribution in [0.2, 0.25) is 0 Å². The van der Waals surface area contributed by atoms with Crippen molar-refractivity contribution in [2.24, 2.45) is 7.05 Å². The zero-order valence-electron chi connectivity index (χ0n) is 26.5. The van der Waals surface area contributed by atoms with E-state index < -0.39 is 6.04 Å². The number of H-pyrrole nitrogens is 1. The molecule has 2 aromatic heterocycles. The molecule has 5 aromatic rings. The molecule has 3 heterocycles. The Labute approximate surface area is 268 Å². The number of aromatic nitrogens is 4. The topological polar surface area (TPSA) is 117 Å². The molecule has 3 aromatic carbocycles. The number of hydrogen-bond donors (Lipinski definition) is 4. The zero-order chi connectivity index (χ0) is 31.8. The maximum atomic E-state index is 14.2. The lowest BCUT2D eigenvalue weighted by molar-refractivity contribution is -0.118. The lowest BCUT2D eigenvalue weighted by atomic mass is 9.77. The fourth-order valence-electron chi connectivity index (χ4n) is 7.10. The van der Waals surface area contributed by atoms with Gasteiger partial charge >= 0.3 is 0 Å². The van der Waals surface area contributed by atoms with Crippen molar-refractivity contribution < 1.29 is 9.59 Å². The van der Waals surface area contributed by atoms with Gasteiger partial charge in [0.05, 0.1) is 5.69 Å². The number of aryl methyl sites for hydroxylation is 4. The summed E-state index contributed by atoms with van der Waals surface area (Å²) >= 11 is 0. The van der Waals surface area contributed by atoms with Gasteiger partial charge in [0.15, 0.2) is 0 Å². The highest BCUT2D eigenvalue weighted by molar-refractivity contribution is 6.01. The zero-order valence-corrected chi connectivity index (χ0v) is 26.5. The molecule has 9 heteroatoms. The van der Waals surface area contributed by atoms with Crippen molar-refractivity contribution in [3.63, 3.8) is 0 Å². The molecule has 46 heavy (non-hydrogen) atoms. The van der Waals surface area contributed by atoms with Crippen LogP contribution in [0.4, 0.5) is 5.69 Å². The van der Waals surface area contributed by atoms with Crippen LogP contribution in [0.5, 0.6) is 0 Å². The van der Waals surface area contributed by atoms with Gasteiger partial charge in [-0.25, -0.2) is 0 Å². The number of carbonyl (C=O) groups is 2. The Bertz CT molecular complexity index is 1900. The monoisotopic (exact) mass is 613 g/mol. The number of benzene rings is 3. The molecule has 1 aliphatic carbocycles. The van der Waals surface area contributed by atoms with Crippen LogP contribution in [0.1, 0.15) is 62.9 Å². The molecule has 1 unspecified atom stereocenters. The second-order valence-electron chi connectivity index (χ2n) is 12.5. The fourth-order valence-corrected chi connectivity index (χ4v) is 7.10. The van der Waals surface area contributed by atoms with Crippen molar-refractivity contribution in [3.05, 3.63) is 112 Å². The molecule has 0 spiro atoms. The standard InChI is InChI=1S/C37H39N7O2/c1-22-34(23(2)43-42-22)25-11-13-30(14-12-25)40-37(46)35(41-36(45)33-16-18-39-44(33)3)31-6-4-5-24-7-8-27(20-32(24)31)26-9-10-29-21-38-17-15-28(29)19-26/h7-14,16,18-20,31,35,38H,4-6,15,17,21H2,1-3H3,(H,40,46)(H,41,45)(H,42,43)/t31-,35?/m1/s1. The third-order valence-corrected chi connectivity index (χ3v) is 9.53. The predicted molar refractivity (Wildman–Crippen MR) is 180 cm³/mol. The molecular formula is C37H39N7O2. The number of nitrogens with zero attached hydrogens (tertiary/aromatic N) is 3. The lowest BCUT2D eigenvalue weighted by Crippen LogP contribution is -2.48. The molecule has 0 saturated carbocycles. The Morgan fingerprint density at radius 3 is 2.41 bits per heavy atom. The fraction of sp³-hybridized carbons (Fsp3) is 0.297. The summed E-state index contributed by atoms with van der Waals surface area (Å²) in [5, 5.41) is 21.2. The normalized spacial score (nSPS) is 16.3. The third-order valence-electron chi connectivity index (χ3n) is 9.53. The molecule has 0 bridgehead atoms. The predicted octanol–water partition coefficient (Wildman–Crippen LogP) is 5.60. The van der Waals surface area contributed by atoms with E-state index in [2.05, 4.69) is 67.6 Å². The minimum absolute atomic E-state index is 0.196. The molecule has 0 saturated heterocycles. The molecule has 234 valence electrons. The average molecular weight is 614 g/mol. The Balaban J connectivity index is 1.21. The first-order chi connectivity index (χ1) is 22.4. The van der Waals surface area contributed by atoms with E-state index in [1.807, 2.05) is 38.1 Å². The molecule has 1 aliphatic heterocycles. The molecule has 0 fully saturated rings. The highest BCUT2D eigenvalue weighted by Crippen LogP contribution is 2.38. The van der Waals surface area contributed by atoms with Gasteiger partial charge in [-0.05, 0) is 103 Å². The molecule has 0 radical (unpaired) electrons. The van der Waals surface area contributed by atoms with Crippen molar-refractivity contribution in [1.29, 1.82) is 0 Å². The van der Waals surface area contributed by atoms with E-state index in [0.29, 0.717) is 11.4 Å². The second kappa shape index (κ2) is 12.4. The van der Waals surface area contributed by atoms with Crippen molar-refractivity contribution in [1.82, 2.24) is 30.6 Å². The van der Waals surface area contributed by atoms with Gasteiger partial charge in [0.1, 0.15) is 11.7 Å². The van der Waals surface area contributed by atoms with Crippen LogP contribution >= 0.6 is 0 Å². The van der Waals surface area contributed by atoms with Gasteiger partial charge in [-0.2, -0.15) is 10.2 Å². The molecular weight excluding hydrogens is 574 g/mol. The minimum atomic E-state index is -0.788. The third kappa shape index (κ3) is 5.74. The summed E-state index contributed by atoms with van der Waals surface area (Å²) in [5.41, 5.74) is 12.5. The summed E-state index contributed by atoms with van der Waals surface area (Å²) in [6.07, 6.45) is 5.27. The van der Waals surface area contributed by atoms with E-state index in [1.54, 1.807) is 19.3 Å². The van der Waals surface area contributed by atoms with Crippen molar-refractivity contribution in [3.8, 4) is 22.3 Å². The SMILES string of the molecule is Cc1n[nH]c(C)c1-c1ccc(NC(=O)C(NC(=O)c2ccnn2C)[C@@H]2CCCc3ccc(-c4ccc5c(c4)CCNC5)cc32)cc1. The second-order valence-corrected chi connectivity index (χ2v) is 12.5. The van der Waals surface area contributed by atoms with E-state index in [0.717, 1.165) is 72.4 Å². The van der Waals surface area contributed by atoms with E-state index in [-0.39, 0.29) is 17.7 Å². The Morgan fingerprint density at radius 1 is 0.913 bits per heavy atom. The molecule has 7 rings (SSSR count). The summed E-state index contributed by atoms with van der Waals surface area (Å²) in [7, 11) is 1.73. The Kier molecular flexibility index (Phi) is 8.00. The number of anilines is 1. The summed E-state index contributed by atoms with van der Waals surface area (Å²) in [5.74, 6) is -0.769. The van der Waals surface area contributed by atoms with Gasteiger partial charge in [0.2, 0.25) is 5.91 Å². The number of carbonyl (C=O) groups excluding carboxylic acids is 2. The molecule has 2 aliphatic rings. The van der Waals surface area contributed by atoms with Gasteiger partial charge in [-0.15, -0.1) is 0 Å². The minimum Gasteiger partial charge on any atom is -0.338 e. The summed E-state index contributed by atoms with van der Waals surface area (Å²) in [6.45, 7) is 5.86. The number of aromatic amines is 1. The molecule has 4 N–H and O–H groups in total. The smallest absolute Gasteiger partial charge is 0.270 e. The maximum absolute atomic E-state index is 14.2. The lowest BCUT2D eigenvalue weighted by Gasteiger charge is -2.32. The first kappa shape index (κ1) is 29.7. The summed E-state index contributed by atoms with van der Waals surface area (Å²) in [4.78, 5) is 27.7. The maximum Gasteiger partial charge on any atom is 0.270 e. The van der Waals surface area contributed by atoms with Crippen molar-refractivity contribution >= 4 is 17.5 Å². The van der Waals surface area contributed by atoms with Crippen LogP contribution in [0.25, 0.3) is 22.3 Å². The van der Waals surface area contributed by atoms with Crippen LogP contribution in [-0.2, 0) is 31.2 Å². The van der Waals surface area contributed by atoms with Crippen LogP contribution in [0, 0.1) is 13.8 Å². The highest BCUT2D eigenvalue weighted by Gasteiger charge is 2.35. The van der Waals surface area contributed by atoms with Crippen LogP contribution in [0.3, 0.4) is 0 Å². The van der Waals surface area contributed by atoms with E-state index in [4.69, 9.17) is 0 Å². The van der Waals surface area contributed by atoms with E-state index in [9.17, 15) is 9.59 Å². The van der Waals surface area contributed by atoms with Crippen LogP contribution in [0.15, 0.2) is 72.9 Å². The number of rotatable bonds is 7. The van der Waals surface area contributed by atoms with Gasteiger partial charge in [0, 0.05) is 42.7 Å². The van der Waals surface area contributed by atoms with E-state index in [1.165, 1.54) is 26.9 Å². The van der Waals surface area contributed by atoms with Gasteiger partial charge in [0.25, 0.3) is 5.91 Å². The average Bonchev–Trinajstić information content (AvgIpc) is 3.66. The van der Waals surface area contributed by atoms with E-state index >= 15 is 0 Å². The first-order valence-electron chi connectivity index (χ1n) is 16.0. The molecule has 2 amide bonds. The Hall–Kier alpha value is -5.02. The van der Waals surface area contributed by atoms with Crippen molar-refractivity contribution in [2.75, 3.05) is 11.9 Å². The number of hydrogen-bond acceptors (Lipinski definition) is 5. The first-order valence-corrected chi connectivity index (χ1v) is 16.0. The largest absolute Gasteiger partial charge is 0.338 e.